The van der Waals surface area contributed by atoms with Crippen LogP contribution in [0.1, 0.15) is 24.8 Å². The van der Waals surface area contributed by atoms with Gasteiger partial charge in [0.2, 0.25) is 0 Å². The lowest BCUT2D eigenvalue weighted by molar-refractivity contribution is 0.0839. The third kappa shape index (κ3) is 3.27. The SMILES string of the molecule is OC[C@H]1CCCCN1Cc1ccc(F)cc1Br. The van der Waals surface area contributed by atoms with E-state index < -0.39 is 0 Å². The molecule has 2 nitrogen and oxygen atoms in total. The van der Waals surface area contributed by atoms with Gasteiger partial charge < -0.3 is 5.11 Å². The van der Waals surface area contributed by atoms with Crippen LogP contribution in [0.4, 0.5) is 4.39 Å². The number of halogens is 2. The molecule has 2 rings (SSSR count). The highest BCUT2D eigenvalue weighted by Crippen LogP contribution is 2.24. The first-order valence-electron chi connectivity index (χ1n) is 5.99. The molecule has 1 saturated heterocycles. The van der Waals surface area contributed by atoms with Gasteiger partial charge in [-0.25, -0.2) is 4.39 Å². The first-order chi connectivity index (χ1) is 8.20. The molecule has 0 bridgehead atoms. The minimum Gasteiger partial charge on any atom is -0.395 e. The van der Waals surface area contributed by atoms with Crippen molar-refractivity contribution in [2.24, 2.45) is 0 Å². The molecule has 1 N–H and O–H groups in total. The van der Waals surface area contributed by atoms with Crippen molar-refractivity contribution in [3.05, 3.63) is 34.1 Å². The van der Waals surface area contributed by atoms with Crippen molar-refractivity contribution in [3.63, 3.8) is 0 Å². The van der Waals surface area contributed by atoms with Crippen LogP contribution in [0, 0.1) is 5.82 Å². The average molecular weight is 302 g/mol. The zero-order chi connectivity index (χ0) is 12.3. The Morgan fingerprint density at radius 2 is 2.24 bits per heavy atom. The standard InChI is InChI=1S/C13H17BrFNO/c14-13-7-11(15)5-4-10(13)8-16-6-2-1-3-12(16)9-17/h4-5,7,12,17H,1-3,6,8-9H2/t12-/m1/s1. The van der Waals surface area contributed by atoms with Crippen molar-refractivity contribution < 1.29 is 9.50 Å². The topological polar surface area (TPSA) is 23.5 Å². The number of hydrogen-bond acceptors (Lipinski definition) is 2. The minimum absolute atomic E-state index is 0.207. The molecule has 1 aliphatic heterocycles. The van der Waals surface area contributed by atoms with Gasteiger partial charge in [0.25, 0.3) is 0 Å². The fourth-order valence-corrected chi connectivity index (χ4v) is 2.82. The maximum absolute atomic E-state index is 13.0. The number of likely N-dealkylation sites (tertiary alicyclic amines) is 1. The second-order valence-electron chi connectivity index (χ2n) is 4.54. The normalized spacial score (nSPS) is 21.7. The predicted octanol–water partition coefficient (Wildman–Crippen LogP) is 2.94. The van der Waals surface area contributed by atoms with Gasteiger partial charge in [-0.1, -0.05) is 28.4 Å². The molecule has 0 aliphatic carbocycles. The van der Waals surface area contributed by atoms with Crippen molar-refractivity contribution in [3.8, 4) is 0 Å². The van der Waals surface area contributed by atoms with Gasteiger partial charge in [-0.15, -0.1) is 0 Å². The lowest BCUT2D eigenvalue weighted by Gasteiger charge is -2.34. The predicted molar refractivity (Wildman–Crippen MR) is 69.2 cm³/mol. The third-order valence-electron chi connectivity index (χ3n) is 3.35. The molecule has 1 atom stereocenters. The molecule has 0 amide bonds. The van der Waals surface area contributed by atoms with Gasteiger partial charge >= 0.3 is 0 Å². The first-order valence-corrected chi connectivity index (χ1v) is 6.79. The highest BCUT2D eigenvalue weighted by atomic mass is 79.9. The fraction of sp³-hybridized carbons (Fsp3) is 0.538. The largest absolute Gasteiger partial charge is 0.395 e. The Bertz CT molecular complexity index is 386. The van der Waals surface area contributed by atoms with E-state index in [1.54, 1.807) is 0 Å². The lowest BCUT2D eigenvalue weighted by Crippen LogP contribution is -2.41. The van der Waals surface area contributed by atoms with Gasteiger partial charge in [0.1, 0.15) is 5.82 Å². The number of aliphatic hydroxyl groups excluding tert-OH is 1. The van der Waals surface area contributed by atoms with Crippen LogP contribution in [0.15, 0.2) is 22.7 Å². The number of benzene rings is 1. The van der Waals surface area contributed by atoms with E-state index in [9.17, 15) is 9.50 Å². The molecule has 0 radical (unpaired) electrons. The Labute approximate surface area is 110 Å². The molecular weight excluding hydrogens is 285 g/mol. The van der Waals surface area contributed by atoms with Crippen LogP contribution in [0.3, 0.4) is 0 Å². The average Bonchev–Trinajstić information content (AvgIpc) is 2.33. The van der Waals surface area contributed by atoms with Gasteiger partial charge in [-0.2, -0.15) is 0 Å². The highest BCUT2D eigenvalue weighted by Gasteiger charge is 2.22. The molecule has 4 heteroatoms. The molecule has 1 aliphatic rings. The van der Waals surface area contributed by atoms with Gasteiger partial charge in [0.15, 0.2) is 0 Å². The third-order valence-corrected chi connectivity index (χ3v) is 4.09. The summed E-state index contributed by atoms with van der Waals surface area (Å²) < 4.78 is 13.8. The molecule has 1 heterocycles. The van der Waals surface area contributed by atoms with E-state index in [1.165, 1.54) is 25.0 Å². The zero-order valence-corrected chi connectivity index (χ0v) is 11.3. The summed E-state index contributed by atoms with van der Waals surface area (Å²) in [4.78, 5) is 2.28. The van der Waals surface area contributed by atoms with E-state index in [1.807, 2.05) is 6.07 Å². The quantitative estimate of drug-likeness (QED) is 0.928. The Balaban J connectivity index is 2.08. The van der Waals surface area contributed by atoms with E-state index in [0.29, 0.717) is 0 Å². The molecule has 0 spiro atoms. The smallest absolute Gasteiger partial charge is 0.124 e. The molecular formula is C13H17BrFNO. The summed E-state index contributed by atoms with van der Waals surface area (Å²) in [5, 5.41) is 9.34. The van der Waals surface area contributed by atoms with Crippen LogP contribution in [0.5, 0.6) is 0 Å². The molecule has 17 heavy (non-hydrogen) atoms. The summed E-state index contributed by atoms with van der Waals surface area (Å²) in [5.74, 6) is -0.224. The second kappa shape index (κ2) is 5.94. The van der Waals surface area contributed by atoms with E-state index in [0.717, 1.165) is 29.5 Å². The molecule has 1 aromatic carbocycles. The monoisotopic (exact) mass is 301 g/mol. The van der Waals surface area contributed by atoms with Crippen molar-refractivity contribution in [1.29, 1.82) is 0 Å². The zero-order valence-electron chi connectivity index (χ0n) is 9.70. The number of nitrogens with zero attached hydrogens (tertiary/aromatic N) is 1. The van der Waals surface area contributed by atoms with Gasteiger partial charge in [-0.3, -0.25) is 4.90 Å². The summed E-state index contributed by atoms with van der Waals surface area (Å²) in [7, 11) is 0. The summed E-state index contributed by atoms with van der Waals surface area (Å²) in [6.07, 6.45) is 3.41. The van der Waals surface area contributed by atoms with Crippen molar-refractivity contribution >= 4 is 15.9 Å². The van der Waals surface area contributed by atoms with E-state index >= 15 is 0 Å². The number of rotatable bonds is 3. The van der Waals surface area contributed by atoms with Crippen molar-refractivity contribution in [2.45, 2.75) is 31.8 Å². The van der Waals surface area contributed by atoms with Crippen LogP contribution in [-0.2, 0) is 6.54 Å². The summed E-state index contributed by atoms with van der Waals surface area (Å²) in [6.45, 7) is 1.99. The molecule has 94 valence electrons. The Morgan fingerprint density at radius 3 is 2.94 bits per heavy atom. The van der Waals surface area contributed by atoms with Crippen molar-refractivity contribution in [2.75, 3.05) is 13.2 Å². The van der Waals surface area contributed by atoms with Crippen LogP contribution >= 0.6 is 15.9 Å². The Morgan fingerprint density at radius 1 is 1.41 bits per heavy atom. The maximum Gasteiger partial charge on any atom is 0.124 e. The second-order valence-corrected chi connectivity index (χ2v) is 5.39. The molecule has 1 fully saturated rings. The Hall–Kier alpha value is -0.450. The van der Waals surface area contributed by atoms with E-state index in [2.05, 4.69) is 20.8 Å². The molecule has 0 unspecified atom stereocenters. The maximum atomic E-state index is 13.0. The molecule has 0 aromatic heterocycles. The van der Waals surface area contributed by atoms with Crippen LogP contribution in [0.2, 0.25) is 0 Å². The summed E-state index contributed by atoms with van der Waals surface area (Å²) >= 11 is 3.39. The van der Waals surface area contributed by atoms with Crippen LogP contribution < -0.4 is 0 Å². The Kier molecular flexibility index (Phi) is 4.54. The molecule has 1 aromatic rings. The highest BCUT2D eigenvalue weighted by molar-refractivity contribution is 9.10. The minimum atomic E-state index is -0.224. The summed E-state index contributed by atoms with van der Waals surface area (Å²) in [5.41, 5.74) is 1.08. The van der Waals surface area contributed by atoms with E-state index in [-0.39, 0.29) is 18.5 Å². The number of aliphatic hydroxyl groups is 1. The van der Waals surface area contributed by atoms with Gasteiger partial charge in [-0.05, 0) is 37.1 Å². The number of hydrogen-bond donors (Lipinski definition) is 1. The van der Waals surface area contributed by atoms with Gasteiger partial charge in [0.05, 0.1) is 6.61 Å². The molecule has 0 saturated carbocycles. The number of piperidine rings is 1. The van der Waals surface area contributed by atoms with Gasteiger partial charge in [0, 0.05) is 17.1 Å². The van der Waals surface area contributed by atoms with Crippen molar-refractivity contribution in [1.82, 2.24) is 4.90 Å². The van der Waals surface area contributed by atoms with Crippen LogP contribution in [-0.4, -0.2) is 29.2 Å². The first kappa shape index (κ1) is 13.0. The van der Waals surface area contributed by atoms with E-state index in [4.69, 9.17) is 0 Å². The van der Waals surface area contributed by atoms with Crippen LogP contribution in [0.25, 0.3) is 0 Å². The lowest BCUT2D eigenvalue weighted by atomic mass is 10.0. The fourth-order valence-electron chi connectivity index (χ4n) is 2.34. The summed E-state index contributed by atoms with van der Waals surface area (Å²) in [6, 6.07) is 5.04.